The van der Waals surface area contributed by atoms with Crippen LogP contribution in [-0.4, -0.2) is 74.1 Å². The van der Waals surface area contributed by atoms with Gasteiger partial charge >= 0.3 is 29.6 Å². The maximum atomic E-state index is 12.2. The molecule has 0 spiro atoms. The molecule has 2 aliphatic rings. The zero-order chi connectivity index (χ0) is 43.4. The predicted octanol–water partition coefficient (Wildman–Crippen LogP) is 6.41. The number of hydrogen-bond donors (Lipinski definition) is 6. The van der Waals surface area contributed by atoms with E-state index < -0.39 is 0 Å². The molecule has 312 valence electrons. The normalized spacial score (nSPS) is 12.5. The van der Waals surface area contributed by atoms with Crippen molar-refractivity contribution in [2.45, 2.75) is 26.7 Å². The molecule has 0 radical (unpaired) electrons. The number of rotatable bonds is 7. The van der Waals surface area contributed by atoms with Crippen LogP contribution in [0.1, 0.15) is 48.7 Å². The van der Waals surface area contributed by atoms with Gasteiger partial charge in [0.1, 0.15) is 11.0 Å². The van der Waals surface area contributed by atoms with Crippen LogP contribution in [0.25, 0.3) is 44.3 Å². The van der Waals surface area contributed by atoms with Crippen molar-refractivity contribution in [3.63, 3.8) is 0 Å². The van der Waals surface area contributed by atoms with E-state index in [1.54, 1.807) is 18.5 Å². The molecule has 2 aromatic carbocycles. The van der Waals surface area contributed by atoms with Crippen LogP contribution in [0.15, 0.2) is 122 Å². The van der Waals surface area contributed by atoms with Gasteiger partial charge in [-0.2, -0.15) is 12.6 Å². The second-order valence-electron chi connectivity index (χ2n) is 13.9. The molecule has 0 fully saturated rings. The summed E-state index contributed by atoms with van der Waals surface area (Å²) < 4.78 is 6.07. The van der Waals surface area contributed by atoms with Crippen molar-refractivity contribution >= 4 is 75.0 Å². The molecule has 2 aliphatic heterocycles. The number of para-hydroxylation sites is 2. The van der Waals surface area contributed by atoms with Gasteiger partial charge in [0.15, 0.2) is 0 Å². The van der Waals surface area contributed by atoms with Gasteiger partial charge in [0.05, 0.1) is 39.7 Å². The van der Waals surface area contributed by atoms with Gasteiger partial charge in [-0.05, 0) is 80.7 Å². The first-order valence-corrected chi connectivity index (χ1v) is 21.0. The molecule has 10 rings (SSSR count). The second kappa shape index (κ2) is 21.9. The number of nitrogens with zero attached hydrogens (tertiary/aromatic N) is 5. The Morgan fingerprint density at radius 3 is 1.82 bits per heavy atom. The quantitative estimate of drug-likeness (QED) is 0.0610. The molecule has 0 saturated carbocycles. The van der Waals surface area contributed by atoms with Crippen LogP contribution in [0.3, 0.4) is 0 Å². The van der Waals surface area contributed by atoms with E-state index in [1.165, 1.54) is 0 Å². The third kappa shape index (κ3) is 10.5. The fourth-order valence-electron chi connectivity index (χ4n) is 7.38. The van der Waals surface area contributed by atoms with Gasteiger partial charge < -0.3 is 32.2 Å². The van der Waals surface area contributed by atoms with Crippen molar-refractivity contribution in [1.82, 2.24) is 40.5 Å². The molecule has 0 unspecified atom stereocenters. The summed E-state index contributed by atoms with van der Waals surface area (Å²) in [6.07, 6.45) is 9.02. The number of H-pyrrole nitrogens is 2. The summed E-state index contributed by atoms with van der Waals surface area (Å²) in [4.78, 5) is 50.6. The minimum absolute atomic E-state index is 0. The molecule has 0 aliphatic carbocycles. The molecule has 2 amide bonds. The van der Waals surface area contributed by atoms with E-state index in [0.29, 0.717) is 18.2 Å². The number of thiol groups is 1. The van der Waals surface area contributed by atoms with E-state index >= 15 is 0 Å². The molecule has 0 saturated heterocycles. The third-order valence-corrected chi connectivity index (χ3v) is 10.4. The minimum Gasteiger partial charge on any atom is -1.00 e. The van der Waals surface area contributed by atoms with Gasteiger partial charge in [0.25, 0.3) is 11.8 Å². The zero-order valence-corrected chi connectivity index (χ0v) is 38.5. The molecule has 6 aromatic heterocycles. The predicted molar refractivity (Wildman–Crippen MR) is 251 cm³/mol. The fourth-order valence-corrected chi connectivity index (χ4v) is 7.53. The molecule has 5 N–H and O–H groups in total. The summed E-state index contributed by atoms with van der Waals surface area (Å²) >= 11 is 9.47. The van der Waals surface area contributed by atoms with Gasteiger partial charge in [0, 0.05) is 104 Å². The number of halogens is 1. The molecule has 62 heavy (non-hydrogen) atoms. The van der Waals surface area contributed by atoms with E-state index in [-0.39, 0.29) is 49.0 Å². The first-order valence-electron chi connectivity index (χ1n) is 20.7. The number of carbonyl (C=O) groups excluding carboxylic acids is 2. The number of nitrogens with one attached hydrogen (secondary N) is 5. The first-order chi connectivity index (χ1) is 30.3. The smallest absolute Gasteiger partial charge is 1.00 e. The van der Waals surface area contributed by atoms with Crippen LogP contribution in [0, 0.1) is 0 Å². The Balaban J connectivity index is 0.000000192. The summed E-state index contributed by atoms with van der Waals surface area (Å²) in [6, 6.07) is 31.7. The molecular formula is C47H48ClN10NaO2S. The van der Waals surface area contributed by atoms with Crippen molar-refractivity contribution < 1.29 is 41.9 Å². The summed E-state index contributed by atoms with van der Waals surface area (Å²) in [5.74, 6) is 0.830. The van der Waals surface area contributed by atoms with E-state index in [4.69, 9.17) is 18.0 Å². The fraction of sp³-hybridized carbons (Fsp3) is 0.191. The number of carbonyl (C=O) groups is 2. The molecule has 12 nitrogen and oxygen atoms in total. The largest absolute Gasteiger partial charge is 1.00 e. The molecule has 15 heteroatoms. The molecular weight excluding hydrogens is 827 g/mol. The van der Waals surface area contributed by atoms with Crippen molar-refractivity contribution in [3.05, 3.63) is 150 Å². The molecule has 0 atom stereocenters. The molecule has 0 bridgehead atoms. The summed E-state index contributed by atoms with van der Waals surface area (Å²) in [7, 11) is 0. The average Bonchev–Trinajstić information content (AvgIpc) is 3.95. The number of fused-ring (bicyclic) bond motifs is 4. The van der Waals surface area contributed by atoms with E-state index in [0.717, 1.165) is 110 Å². The maximum absolute atomic E-state index is 12.2. The Kier molecular flexibility index (Phi) is 15.7. The number of aromatic nitrogens is 6. The number of hydrogen-bond acceptors (Lipinski definition) is 9. The Hall–Kier alpha value is -5.70. The minimum atomic E-state index is -0.0232. The zero-order valence-electron chi connectivity index (χ0n) is 36.9. The number of anilines is 3. The standard InChI is InChI=1S/C23H21N5O.C16H12ClN3O.C7H10N2.CH4S.Na.H/c1-2-28(16-6-4-11-24-14-16)21-9-8-15-5-3-7-17(22(15)27-21)20-13-18-19(26-20)10-12-25-23(18)29;17-14-5-4-9-2-1-3-10(15(9)20-14)13-8-11-12(19-13)6-7-18-16(11)21;1-2-9-7-4-3-5-8-6-7;1-2;;/h3-9,11,13-14,26H,2,10,12H2,1H3,(H,25,29);1-5,8,19H,6-7H2,(H,18,21);3-6,9H,2H2,1H3;2H,1H3;;/q;;;;+1;-1/i;;;1D;;. The maximum Gasteiger partial charge on any atom is 1.00 e. The van der Waals surface area contributed by atoms with Crippen LogP contribution >= 0.6 is 24.2 Å². The Morgan fingerprint density at radius 2 is 1.31 bits per heavy atom. The topological polar surface area (TPSA) is 157 Å². The summed E-state index contributed by atoms with van der Waals surface area (Å²) in [5.41, 5.74) is 11.0. The summed E-state index contributed by atoms with van der Waals surface area (Å²) in [6.45, 7) is 7.23. The van der Waals surface area contributed by atoms with Gasteiger partial charge in [-0.25, -0.2) is 9.97 Å². The van der Waals surface area contributed by atoms with Crippen LogP contribution in [-0.2, 0) is 12.8 Å². The van der Waals surface area contributed by atoms with Crippen molar-refractivity contribution in [3.8, 4) is 22.5 Å². The van der Waals surface area contributed by atoms with Crippen molar-refractivity contribution in [2.75, 3.05) is 42.6 Å². The monoisotopic (exact) mass is 875 g/mol. The number of benzene rings is 2. The van der Waals surface area contributed by atoms with E-state index in [1.807, 2.05) is 85.2 Å². The first kappa shape index (κ1) is 44.4. The third-order valence-electron chi connectivity index (χ3n) is 10.2. The van der Waals surface area contributed by atoms with E-state index in [9.17, 15) is 9.59 Å². The Morgan fingerprint density at radius 1 is 0.742 bits per heavy atom. The van der Waals surface area contributed by atoms with Crippen LogP contribution in [0.4, 0.5) is 17.2 Å². The number of pyridine rings is 4. The molecule has 8 heterocycles. The van der Waals surface area contributed by atoms with Gasteiger partial charge in [-0.3, -0.25) is 19.6 Å². The average molecular weight is 876 g/mol. The number of amides is 2. The number of aromatic amines is 2. The van der Waals surface area contributed by atoms with Gasteiger partial charge in [-0.1, -0.05) is 48.0 Å². The van der Waals surface area contributed by atoms with Crippen LogP contribution < -0.4 is 50.4 Å². The van der Waals surface area contributed by atoms with E-state index in [2.05, 4.69) is 90.4 Å². The van der Waals surface area contributed by atoms with Crippen LogP contribution in [0.2, 0.25) is 5.15 Å². The van der Waals surface area contributed by atoms with Gasteiger partial charge in [-0.15, -0.1) is 0 Å². The van der Waals surface area contributed by atoms with Crippen molar-refractivity contribution in [1.29, 1.82) is 0 Å². The Labute approximate surface area is 396 Å². The summed E-state index contributed by atoms with van der Waals surface area (Å²) in [5, 5.41) is 11.4. The Bertz CT molecular complexity index is 2800. The second-order valence-corrected chi connectivity index (χ2v) is 14.3. The van der Waals surface area contributed by atoms with Gasteiger partial charge in [0.2, 0.25) is 0 Å². The van der Waals surface area contributed by atoms with Crippen LogP contribution in [0.5, 0.6) is 0 Å². The molecule has 8 aromatic rings. The SMILES string of the molecule is CCN(c1cccnc1)c1ccc2cccc(-c3cc4c([nH]3)CCNC4=O)c2n1.CCNc1cccnc1.O=C1NCCc2[nH]c(-c3cccc4ccc(Cl)nc34)cc21.[2H]CS.[H-].[Na+]. The van der Waals surface area contributed by atoms with Crippen molar-refractivity contribution in [2.24, 2.45) is 0 Å².